The van der Waals surface area contributed by atoms with Crippen LogP contribution < -0.4 is 10.1 Å². The monoisotopic (exact) mass is 598 g/mol. The third-order valence-corrected chi connectivity index (χ3v) is 8.27. The summed E-state index contributed by atoms with van der Waals surface area (Å²) in [6, 6.07) is 18.7. The van der Waals surface area contributed by atoms with Crippen molar-refractivity contribution in [3.63, 3.8) is 0 Å². The molecule has 0 spiro atoms. The van der Waals surface area contributed by atoms with Gasteiger partial charge in [-0.2, -0.15) is 0 Å². The molecule has 1 fully saturated rings. The molecule has 3 aromatic rings. The van der Waals surface area contributed by atoms with E-state index in [2.05, 4.69) is 42.3 Å². The van der Waals surface area contributed by atoms with Crippen molar-refractivity contribution in [2.24, 2.45) is 0 Å². The minimum Gasteiger partial charge on any atom is -0.488 e. The minimum absolute atomic E-state index is 0.0345. The lowest BCUT2D eigenvalue weighted by Crippen LogP contribution is -2.46. The average Bonchev–Trinajstić information content (AvgIpc) is 3.00. The summed E-state index contributed by atoms with van der Waals surface area (Å²) in [7, 11) is 0. The number of pyridine rings is 1. The lowest BCUT2D eigenvalue weighted by Gasteiger charge is -2.41. The number of carbonyl (C=O) groups is 1. The Morgan fingerprint density at radius 3 is 2.64 bits per heavy atom. The SMILES string of the molecule is CCO/C(Nc1cccc(-c2cccc(C)c2OCc2ccc3c(c2)CCN(C2CC(C)OC(C)C2)C3)n1)=C(/C=N)C(=O)O. The third kappa shape index (κ3) is 7.29. The van der Waals surface area contributed by atoms with Crippen molar-refractivity contribution >= 4 is 18.0 Å². The molecule has 0 amide bonds. The highest BCUT2D eigenvalue weighted by molar-refractivity contribution is 6.08. The van der Waals surface area contributed by atoms with Gasteiger partial charge in [0.15, 0.2) is 0 Å². The van der Waals surface area contributed by atoms with Crippen LogP contribution in [-0.4, -0.2) is 58.6 Å². The van der Waals surface area contributed by atoms with Gasteiger partial charge in [-0.15, -0.1) is 0 Å². The average molecular weight is 599 g/mol. The maximum Gasteiger partial charge on any atom is 0.342 e. The molecule has 5 rings (SSSR count). The second-order valence-electron chi connectivity index (χ2n) is 11.6. The summed E-state index contributed by atoms with van der Waals surface area (Å²) in [5, 5.41) is 19.9. The van der Waals surface area contributed by atoms with Gasteiger partial charge in [-0.3, -0.25) is 4.90 Å². The quantitative estimate of drug-likeness (QED) is 0.133. The van der Waals surface area contributed by atoms with Crippen molar-refractivity contribution in [1.82, 2.24) is 9.88 Å². The molecule has 2 atom stereocenters. The molecule has 232 valence electrons. The summed E-state index contributed by atoms with van der Waals surface area (Å²) >= 11 is 0. The summed E-state index contributed by atoms with van der Waals surface area (Å²) in [4.78, 5) is 19.0. The Morgan fingerprint density at radius 2 is 1.91 bits per heavy atom. The topological polar surface area (TPSA) is 117 Å². The van der Waals surface area contributed by atoms with Crippen molar-refractivity contribution in [3.05, 3.63) is 88.3 Å². The zero-order valence-electron chi connectivity index (χ0n) is 25.9. The number of carboxylic acids is 1. The van der Waals surface area contributed by atoms with Crippen molar-refractivity contribution < 1.29 is 24.1 Å². The van der Waals surface area contributed by atoms with E-state index < -0.39 is 5.97 Å². The molecule has 2 aliphatic rings. The maximum atomic E-state index is 11.6. The molecule has 0 aliphatic carbocycles. The number of hydrogen-bond acceptors (Lipinski definition) is 8. The highest BCUT2D eigenvalue weighted by Gasteiger charge is 2.31. The van der Waals surface area contributed by atoms with Crippen LogP contribution in [0.1, 0.15) is 55.9 Å². The molecule has 1 aromatic heterocycles. The second kappa shape index (κ2) is 14.1. The number of ether oxygens (including phenoxy) is 3. The van der Waals surface area contributed by atoms with Gasteiger partial charge in [0.1, 0.15) is 23.7 Å². The molecule has 2 aromatic carbocycles. The normalized spacial score (nSPS) is 20.7. The number of aryl methyl sites for hydroxylation is 1. The number of benzene rings is 2. The Hall–Kier alpha value is -4.21. The minimum atomic E-state index is -1.26. The first-order valence-corrected chi connectivity index (χ1v) is 15.3. The summed E-state index contributed by atoms with van der Waals surface area (Å²) in [6.45, 7) is 10.8. The number of anilines is 1. The van der Waals surface area contributed by atoms with Crippen LogP contribution in [-0.2, 0) is 33.8 Å². The molecule has 9 nitrogen and oxygen atoms in total. The van der Waals surface area contributed by atoms with E-state index in [9.17, 15) is 9.90 Å². The fourth-order valence-corrected chi connectivity index (χ4v) is 6.22. The highest BCUT2D eigenvalue weighted by Crippen LogP contribution is 2.34. The molecule has 2 unspecified atom stereocenters. The molecule has 3 N–H and O–H groups in total. The van der Waals surface area contributed by atoms with Gasteiger partial charge in [-0.05, 0) is 87.4 Å². The van der Waals surface area contributed by atoms with Crippen LogP contribution in [0.2, 0.25) is 0 Å². The van der Waals surface area contributed by atoms with Gasteiger partial charge in [0.2, 0.25) is 5.88 Å². The van der Waals surface area contributed by atoms with Crippen LogP contribution >= 0.6 is 0 Å². The fraction of sp³-hybridized carbons (Fsp3) is 0.400. The molecule has 3 heterocycles. The maximum absolute atomic E-state index is 11.6. The molecule has 0 radical (unpaired) electrons. The first-order valence-electron chi connectivity index (χ1n) is 15.3. The molecule has 0 bridgehead atoms. The van der Waals surface area contributed by atoms with Gasteiger partial charge < -0.3 is 30.0 Å². The number of nitrogens with one attached hydrogen (secondary N) is 2. The van der Waals surface area contributed by atoms with E-state index in [4.69, 9.17) is 24.6 Å². The van der Waals surface area contributed by atoms with Crippen molar-refractivity contribution in [1.29, 1.82) is 5.41 Å². The van der Waals surface area contributed by atoms with Crippen LogP contribution in [0.15, 0.2) is 66.1 Å². The second-order valence-corrected chi connectivity index (χ2v) is 11.6. The summed E-state index contributed by atoms with van der Waals surface area (Å²) in [5.41, 5.74) is 6.11. The number of fused-ring (bicyclic) bond motifs is 1. The first kappa shape index (κ1) is 31.2. The van der Waals surface area contributed by atoms with Crippen LogP contribution in [0.25, 0.3) is 11.3 Å². The summed E-state index contributed by atoms with van der Waals surface area (Å²) in [6.07, 6.45) is 4.59. The smallest absolute Gasteiger partial charge is 0.342 e. The Balaban J connectivity index is 1.31. The van der Waals surface area contributed by atoms with Crippen LogP contribution in [0.5, 0.6) is 5.75 Å². The number of aliphatic carboxylic acids is 1. The van der Waals surface area contributed by atoms with Crippen molar-refractivity contribution in [2.75, 3.05) is 18.5 Å². The molecule has 1 saturated heterocycles. The van der Waals surface area contributed by atoms with E-state index in [-0.39, 0.29) is 18.1 Å². The number of aromatic nitrogens is 1. The predicted molar refractivity (Wildman–Crippen MR) is 171 cm³/mol. The number of rotatable bonds is 11. The zero-order valence-corrected chi connectivity index (χ0v) is 25.9. The first-order chi connectivity index (χ1) is 21.2. The van der Waals surface area contributed by atoms with E-state index in [0.29, 0.717) is 36.4 Å². The highest BCUT2D eigenvalue weighted by atomic mass is 16.5. The zero-order chi connectivity index (χ0) is 31.2. The van der Waals surface area contributed by atoms with Gasteiger partial charge >= 0.3 is 5.97 Å². The van der Waals surface area contributed by atoms with E-state index in [1.165, 1.54) is 11.1 Å². The predicted octanol–water partition coefficient (Wildman–Crippen LogP) is 6.34. The molecular formula is C35H42N4O5. The van der Waals surface area contributed by atoms with Gasteiger partial charge in [0.05, 0.1) is 24.5 Å². The molecule has 9 heteroatoms. The Kier molecular flexibility index (Phi) is 9.97. The molecule has 0 saturated carbocycles. The van der Waals surface area contributed by atoms with Crippen LogP contribution in [0.4, 0.5) is 5.82 Å². The van der Waals surface area contributed by atoms with Crippen molar-refractivity contribution in [3.8, 4) is 17.0 Å². The van der Waals surface area contributed by atoms with Gasteiger partial charge in [-0.1, -0.05) is 36.4 Å². The van der Waals surface area contributed by atoms with E-state index in [1.54, 1.807) is 13.0 Å². The molecular weight excluding hydrogens is 556 g/mol. The Bertz CT molecular complexity index is 1530. The summed E-state index contributed by atoms with van der Waals surface area (Å²) in [5.74, 6) is -0.153. The fourth-order valence-electron chi connectivity index (χ4n) is 6.22. The lowest BCUT2D eigenvalue weighted by atomic mass is 9.92. The van der Waals surface area contributed by atoms with Crippen LogP contribution in [0, 0.1) is 12.3 Å². The standard InChI is InChI=1S/C35H42N4O5/c1-5-42-34(30(19-36)35(40)41)38-32-11-7-10-31(37-32)29-9-6-8-22(2)33(29)43-21-25-12-13-27-20-39(15-14-26(27)18-25)28-16-23(3)44-24(4)17-28/h6-13,18-19,23-24,28,36H,5,14-17,20-21H2,1-4H3,(H,37,38)(H,40,41)/b34-30-,36-19?. The van der Waals surface area contributed by atoms with E-state index in [0.717, 1.165) is 61.0 Å². The number of carboxylic acid groups (broad SMARTS) is 1. The number of hydrogen-bond donors (Lipinski definition) is 3. The van der Waals surface area contributed by atoms with E-state index >= 15 is 0 Å². The van der Waals surface area contributed by atoms with Crippen molar-refractivity contribution in [2.45, 2.75) is 78.4 Å². The summed E-state index contributed by atoms with van der Waals surface area (Å²) < 4.78 is 17.9. The van der Waals surface area contributed by atoms with Gasteiger partial charge in [0, 0.05) is 30.9 Å². The third-order valence-electron chi connectivity index (χ3n) is 8.27. The largest absolute Gasteiger partial charge is 0.488 e. The molecule has 44 heavy (non-hydrogen) atoms. The number of nitrogens with zero attached hydrogens (tertiary/aromatic N) is 2. The lowest BCUT2D eigenvalue weighted by molar-refractivity contribution is -0.132. The Labute approximate surface area is 259 Å². The van der Waals surface area contributed by atoms with Gasteiger partial charge in [-0.25, -0.2) is 9.78 Å². The Morgan fingerprint density at radius 1 is 1.14 bits per heavy atom. The number of para-hydroxylation sites is 1. The van der Waals surface area contributed by atoms with Crippen LogP contribution in [0.3, 0.4) is 0 Å². The van der Waals surface area contributed by atoms with E-state index in [1.807, 2.05) is 37.3 Å². The van der Waals surface area contributed by atoms with Gasteiger partial charge in [0.25, 0.3) is 0 Å². The molecule has 2 aliphatic heterocycles.